The van der Waals surface area contributed by atoms with E-state index in [1.165, 1.54) is 33.3 Å². The van der Waals surface area contributed by atoms with Crippen LogP contribution in [0.2, 0.25) is 0 Å². The van der Waals surface area contributed by atoms with Gasteiger partial charge in [-0.15, -0.1) is 12.4 Å². The van der Waals surface area contributed by atoms with E-state index in [1.54, 1.807) is 36.1 Å². The second-order valence-electron chi connectivity index (χ2n) is 9.41. The molecule has 0 fully saturated rings. The predicted molar refractivity (Wildman–Crippen MR) is 169 cm³/mol. The van der Waals surface area contributed by atoms with Gasteiger partial charge in [0.2, 0.25) is 0 Å². The number of amides is 1. The zero-order valence-corrected chi connectivity index (χ0v) is 26.1. The zero-order valence-electron chi connectivity index (χ0n) is 23.6. The molecule has 7 nitrogen and oxygen atoms in total. The van der Waals surface area contributed by atoms with Gasteiger partial charge in [0.25, 0.3) is 15.9 Å². The third-order valence-corrected chi connectivity index (χ3v) is 9.98. The molecule has 4 aromatic rings. The van der Waals surface area contributed by atoms with Crippen LogP contribution in [-0.4, -0.2) is 56.9 Å². The molecule has 1 heterocycles. The molecule has 0 aliphatic carbocycles. The van der Waals surface area contributed by atoms with E-state index < -0.39 is 10.0 Å². The minimum absolute atomic E-state index is 0. The number of nitrogens with zero attached hydrogens (tertiary/aromatic N) is 4. The number of anilines is 2. The summed E-state index contributed by atoms with van der Waals surface area (Å²) in [6, 6.07) is 19.4. The number of likely N-dealkylation sites (N-methyl/N-ethyl adjacent to an activating group) is 1. The Hall–Kier alpha value is -2.98. The molecule has 0 radical (unpaired) electrons. The van der Waals surface area contributed by atoms with E-state index in [4.69, 9.17) is 4.98 Å². The molecule has 4 rings (SSSR count). The monoisotopic (exact) mass is 600 g/mol. The number of carbonyl (C=O) groups is 1. The van der Waals surface area contributed by atoms with E-state index in [0.717, 1.165) is 28.9 Å². The Kier molecular flexibility index (Phi) is 10.7. The summed E-state index contributed by atoms with van der Waals surface area (Å²) >= 11 is 1.50. The van der Waals surface area contributed by atoms with E-state index in [1.807, 2.05) is 18.2 Å². The van der Waals surface area contributed by atoms with Crippen molar-refractivity contribution in [2.45, 2.75) is 39.5 Å². The maximum atomic E-state index is 13.8. The van der Waals surface area contributed by atoms with E-state index in [0.29, 0.717) is 36.0 Å². The topological polar surface area (TPSA) is 73.8 Å². The van der Waals surface area contributed by atoms with Crippen LogP contribution in [0.1, 0.15) is 42.3 Å². The van der Waals surface area contributed by atoms with Crippen LogP contribution in [0.4, 0.5) is 10.8 Å². The number of thiazole rings is 1. The van der Waals surface area contributed by atoms with E-state index in [2.05, 4.69) is 44.7 Å². The van der Waals surface area contributed by atoms with Gasteiger partial charge in [0, 0.05) is 25.2 Å². The lowest BCUT2D eigenvalue weighted by Crippen LogP contribution is -2.39. The minimum Gasteiger partial charge on any atom is -0.302 e. The molecule has 40 heavy (non-hydrogen) atoms. The Morgan fingerprint density at radius 3 is 2.08 bits per heavy atom. The molecule has 0 bridgehead atoms. The number of halogens is 1. The molecule has 214 valence electrons. The van der Waals surface area contributed by atoms with E-state index in [-0.39, 0.29) is 23.2 Å². The quantitative estimate of drug-likeness (QED) is 0.195. The Morgan fingerprint density at radius 1 is 0.850 bits per heavy atom. The Labute approximate surface area is 247 Å². The number of aryl methyl sites for hydroxylation is 2. The Bertz CT molecular complexity index is 1500. The van der Waals surface area contributed by atoms with Crippen LogP contribution in [0.5, 0.6) is 0 Å². The molecule has 1 aromatic heterocycles. The van der Waals surface area contributed by atoms with Gasteiger partial charge >= 0.3 is 0 Å². The summed E-state index contributed by atoms with van der Waals surface area (Å²) in [7, 11) is -3.78. The summed E-state index contributed by atoms with van der Waals surface area (Å²) < 4.78 is 29.2. The van der Waals surface area contributed by atoms with Gasteiger partial charge in [-0.3, -0.25) is 14.0 Å². The Balaban J connectivity index is 0.00000441. The summed E-state index contributed by atoms with van der Waals surface area (Å²) in [5, 5.41) is 0.644. The summed E-state index contributed by atoms with van der Waals surface area (Å²) in [4.78, 5) is 22.8. The van der Waals surface area contributed by atoms with Gasteiger partial charge in [0.1, 0.15) is 0 Å². The summed E-state index contributed by atoms with van der Waals surface area (Å²) in [6.45, 7) is 13.4. The first-order valence-corrected chi connectivity index (χ1v) is 15.5. The van der Waals surface area contributed by atoms with Crippen molar-refractivity contribution in [2.24, 2.45) is 0 Å². The number of aromatic nitrogens is 1. The third-order valence-electron chi connectivity index (χ3n) is 7.02. The molecule has 1 amide bonds. The lowest BCUT2D eigenvalue weighted by Gasteiger charge is -2.25. The normalized spacial score (nSPS) is 11.4. The van der Waals surface area contributed by atoms with Crippen molar-refractivity contribution < 1.29 is 13.2 Å². The fourth-order valence-electron chi connectivity index (χ4n) is 4.49. The number of fused-ring (bicyclic) bond motifs is 1. The molecule has 0 aliphatic rings. The van der Waals surface area contributed by atoms with Crippen molar-refractivity contribution in [3.8, 4) is 0 Å². The van der Waals surface area contributed by atoms with Crippen molar-refractivity contribution in [3.63, 3.8) is 0 Å². The fourth-order valence-corrected chi connectivity index (χ4v) is 7.03. The standard InChI is InChI=1S/C30H36N4O3S2.ClH/c1-6-32(7-2)18-19-33(30-31-27-20-22(4)23(5)21-28(27)38-30)29(35)24-14-16-26(17-15-24)39(36,37)34(8-3)25-12-10-9-11-13-25;/h9-17,20-21H,6-8,18-19H2,1-5H3;1H. The van der Waals surface area contributed by atoms with Gasteiger partial charge in [0.05, 0.1) is 20.8 Å². The molecule has 3 aromatic carbocycles. The van der Waals surface area contributed by atoms with Crippen LogP contribution in [-0.2, 0) is 10.0 Å². The predicted octanol–water partition coefficient (Wildman–Crippen LogP) is 6.54. The molecule has 0 aliphatic heterocycles. The van der Waals surface area contributed by atoms with E-state index >= 15 is 0 Å². The van der Waals surface area contributed by atoms with Crippen LogP contribution in [0.15, 0.2) is 71.6 Å². The van der Waals surface area contributed by atoms with Crippen LogP contribution in [0.3, 0.4) is 0 Å². The van der Waals surface area contributed by atoms with Crippen molar-refractivity contribution >= 4 is 60.7 Å². The largest absolute Gasteiger partial charge is 0.302 e. The van der Waals surface area contributed by atoms with Gasteiger partial charge in [-0.05, 0) is 93.5 Å². The molecule has 0 saturated heterocycles. The van der Waals surface area contributed by atoms with E-state index in [9.17, 15) is 13.2 Å². The number of benzene rings is 3. The second-order valence-corrected chi connectivity index (χ2v) is 12.3. The molecule has 0 unspecified atom stereocenters. The lowest BCUT2D eigenvalue weighted by atomic mass is 10.1. The highest BCUT2D eigenvalue weighted by Gasteiger charge is 2.26. The van der Waals surface area contributed by atoms with Gasteiger partial charge < -0.3 is 4.90 Å². The van der Waals surface area contributed by atoms with Crippen LogP contribution in [0.25, 0.3) is 10.2 Å². The maximum absolute atomic E-state index is 13.8. The number of rotatable bonds is 11. The Morgan fingerprint density at radius 2 is 1.48 bits per heavy atom. The van der Waals surface area contributed by atoms with Gasteiger partial charge in [-0.2, -0.15) is 0 Å². The molecule has 0 atom stereocenters. The SMILES string of the molecule is CCN(CC)CCN(C(=O)c1ccc(S(=O)(=O)N(CC)c2ccccc2)cc1)c1nc2cc(C)c(C)cc2s1.Cl. The first-order valence-electron chi connectivity index (χ1n) is 13.3. The first kappa shape index (κ1) is 31.5. The summed E-state index contributed by atoms with van der Waals surface area (Å²) in [6.07, 6.45) is 0. The van der Waals surface area contributed by atoms with Gasteiger partial charge in [0.15, 0.2) is 5.13 Å². The van der Waals surface area contributed by atoms with Crippen molar-refractivity contribution in [2.75, 3.05) is 41.9 Å². The third kappa shape index (κ3) is 6.66. The first-order chi connectivity index (χ1) is 18.7. The minimum atomic E-state index is -3.78. The van der Waals surface area contributed by atoms with Crippen molar-refractivity contribution in [1.29, 1.82) is 0 Å². The smallest absolute Gasteiger partial charge is 0.264 e. The number of hydrogen-bond donors (Lipinski definition) is 0. The van der Waals surface area contributed by atoms with Crippen LogP contribution >= 0.6 is 23.7 Å². The number of carbonyl (C=O) groups excluding carboxylic acids is 1. The van der Waals surface area contributed by atoms with Gasteiger partial charge in [-0.25, -0.2) is 13.4 Å². The summed E-state index contributed by atoms with van der Waals surface area (Å²) in [5.74, 6) is -0.200. The number of para-hydroxylation sites is 1. The summed E-state index contributed by atoms with van der Waals surface area (Å²) in [5.41, 5.74) is 4.24. The highest BCUT2D eigenvalue weighted by Crippen LogP contribution is 2.32. The molecular formula is C30H37ClN4O3S2. The van der Waals surface area contributed by atoms with Crippen LogP contribution < -0.4 is 9.21 Å². The number of sulfonamides is 1. The van der Waals surface area contributed by atoms with Crippen molar-refractivity contribution in [3.05, 3.63) is 83.4 Å². The maximum Gasteiger partial charge on any atom is 0.264 e. The fraction of sp³-hybridized carbons (Fsp3) is 0.333. The molecule has 0 N–H and O–H groups in total. The number of hydrogen-bond acceptors (Lipinski definition) is 6. The average molecular weight is 601 g/mol. The highest BCUT2D eigenvalue weighted by atomic mass is 35.5. The molecule has 10 heteroatoms. The second kappa shape index (κ2) is 13.6. The highest BCUT2D eigenvalue weighted by molar-refractivity contribution is 7.92. The molecule has 0 spiro atoms. The average Bonchev–Trinajstić information content (AvgIpc) is 3.34. The molecular weight excluding hydrogens is 564 g/mol. The zero-order chi connectivity index (χ0) is 28.2. The van der Waals surface area contributed by atoms with Crippen LogP contribution in [0, 0.1) is 13.8 Å². The molecule has 0 saturated carbocycles. The lowest BCUT2D eigenvalue weighted by molar-refractivity contribution is 0.0983. The van der Waals surface area contributed by atoms with Crippen molar-refractivity contribution in [1.82, 2.24) is 9.88 Å². The van der Waals surface area contributed by atoms with Gasteiger partial charge in [-0.1, -0.05) is 43.4 Å².